The van der Waals surface area contributed by atoms with Gasteiger partial charge in [-0.1, -0.05) is 17.7 Å². The van der Waals surface area contributed by atoms with Crippen LogP contribution in [0, 0.1) is 0 Å². The van der Waals surface area contributed by atoms with E-state index in [0.29, 0.717) is 22.4 Å². The second kappa shape index (κ2) is 5.59. The molecule has 1 amide bonds. The quantitative estimate of drug-likeness (QED) is 0.887. The summed E-state index contributed by atoms with van der Waals surface area (Å²) in [6.45, 7) is -0.0749. The zero-order valence-electron chi connectivity index (χ0n) is 10.2. The van der Waals surface area contributed by atoms with Gasteiger partial charge in [0.1, 0.15) is 5.75 Å². The number of carbonyl (C=O) groups excluding carboxylic acids is 1. The number of hydrogen-bond donors (Lipinski definition) is 1. The Kier molecular flexibility index (Phi) is 4.09. The van der Waals surface area contributed by atoms with Crippen LogP contribution < -0.4 is 4.74 Å². The van der Waals surface area contributed by atoms with Gasteiger partial charge in [0.05, 0.1) is 11.6 Å². The van der Waals surface area contributed by atoms with Crippen molar-refractivity contribution in [3.63, 3.8) is 0 Å². The SMILES string of the molecule is CN(C(=O)COc1ccc(CO)cc1Cl)C1CC1. The Morgan fingerprint density at radius 2 is 2.28 bits per heavy atom. The zero-order valence-corrected chi connectivity index (χ0v) is 11.0. The van der Waals surface area contributed by atoms with Crippen LogP contribution >= 0.6 is 11.6 Å². The van der Waals surface area contributed by atoms with Gasteiger partial charge < -0.3 is 14.7 Å². The third-order valence-electron chi connectivity index (χ3n) is 3.02. The minimum Gasteiger partial charge on any atom is -0.482 e. The van der Waals surface area contributed by atoms with E-state index in [1.165, 1.54) is 0 Å². The van der Waals surface area contributed by atoms with Gasteiger partial charge in [0, 0.05) is 13.1 Å². The third-order valence-corrected chi connectivity index (χ3v) is 3.31. The van der Waals surface area contributed by atoms with Gasteiger partial charge in [-0.3, -0.25) is 4.79 Å². The van der Waals surface area contributed by atoms with Gasteiger partial charge >= 0.3 is 0 Å². The Bertz CT molecular complexity index is 446. The van der Waals surface area contributed by atoms with E-state index in [4.69, 9.17) is 21.4 Å². The smallest absolute Gasteiger partial charge is 0.260 e. The summed E-state index contributed by atoms with van der Waals surface area (Å²) in [6.07, 6.45) is 2.16. The molecule has 0 bridgehead atoms. The summed E-state index contributed by atoms with van der Waals surface area (Å²) in [5, 5.41) is 9.36. The van der Waals surface area contributed by atoms with Crippen LogP contribution in [0.1, 0.15) is 18.4 Å². The van der Waals surface area contributed by atoms with Crippen molar-refractivity contribution in [1.82, 2.24) is 4.90 Å². The lowest BCUT2D eigenvalue weighted by Gasteiger charge is -2.16. The standard InChI is InChI=1S/C13H16ClNO3/c1-15(10-3-4-10)13(17)8-18-12-5-2-9(7-16)6-11(12)14/h2,5-6,10,16H,3-4,7-8H2,1H3. The molecule has 0 unspecified atom stereocenters. The van der Waals surface area contributed by atoms with Gasteiger partial charge in [-0.15, -0.1) is 0 Å². The summed E-state index contributed by atoms with van der Waals surface area (Å²) in [4.78, 5) is 13.5. The second-order valence-corrected chi connectivity index (χ2v) is 4.85. The number of rotatable bonds is 5. The topological polar surface area (TPSA) is 49.8 Å². The van der Waals surface area contributed by atoms with Crippen LogP contribution in [0.3, 0.4) is 0 Å². The average molecular weight is 270 g/mol. The molecule has 1 aromatic carbocycles. The van der Waals surface area contributed by atoms with Crippen molar-refractivity contribution in [1.29, 1.82) is 0 Å². The molecule has 98 valence electrons. The van der Waals surface area contributed by atoms with Crippen molar-refractivity contribution in [2.45, 2.75) is 25.5 Å². The molecule has 1 aliphatic carbocycles. The molecule has 0 spiro atoms. The largest absolute Gasteiger partial charge is 0.482 e. The van der Waals surface area contributed by atoms with E-state index in [1.54, 1.807) is 30.1 Å². The molecular formula is C13H16ClNO3. The fourth-order valence-electron chi connectivity index (χ4n) is 1.67. The van der Waals surface area contributed by atoms with Crippen molar-refractivity contribution in [3.05, 3.63) is 28.8 Å². The van der Waals surface area contributed by atoms with E-state index in [1.807, 2.05) is 0 Å². The zero-order chi connectivity index (χ0) is 13.1. The van der Waals surface area contributed by atoms with E-state index in [9.17, 15) is 4.79 Å². The molecule has 1 fully saturated rings. The van der Waals surface area contributed by atoms with E-state index in [-0.39, 0.29) is 19.1 Å². The molecule has 2 rings (SSSR count). The Morgan fingerprint density at radius 1 is 1.56 bits per heavy atom. The third kappa shape index (κ3) is 3.15. The van der Waals surface area contributed by atoms with E-state index in [0.717, 1.165) is 12.8 Å². The first kappa shape index (κ1) is 13.2. The molecule has 1 aromatic rings. The van der Waals surface area contributed by atoms with Crippen molar-refractivity contribution in [3.8, 4) is 5.75 Å². The molecule has 0 radical (unpaired) electrons. The number of aliphatic hydroxyl groups is 1. The minimum atomic E-state index is -0.0661. The molecule has 0 aliphatic heterocycles. The van der Waals surface area contributed by atoms with Crippen LogP contribution in [0.2, 0.25) is 5.02 Å². The van der Waals surface area contributed by atoms with Crippen LogP contribution in [0.4, 0.5) is 0 Å². The summed E-state index contributed by atoms with van der Waals surface area (Å²) in [5.41, 5.74) is 0.716. The van der Waals surface area contributed by atoms with E-state index >= 15 is 0 Å². The number of benzene rings is 1. The van der Waals surface area contributed by atoms with E-state index in [2.05, 4.69) is 0 Å². The fraction of sp³-hybridized carbons (Fsp3) is 0.462. The molecule has 0 aromatic heterocycles. The predicted octanol–water partition coefficient (Wildman–Crippen LogP) is 1.83. The van der Waals surface area contributed by atoms with Gasteiger partial charge in [0.2, 0.25) is 0 Å². The molecule has 4 nitrogen and oxygen atoms in total. The molecular weight excluding hydrogens is 254 g/mol. The maximum Gasteiger partial charge on any atom is 0.260 e. The van der Waals surface area contributed by atoms with Crippen molar-refractivity contribution < 1.29 is 14.6 Å². The van der Waals surface area contributed by atoms with Gasteiger partial charge in [-0.2, -0.15) is 0 Å². The summed E-state index contributed by atoms with van der Waals surface area (Å²) < 4.78 is 5.39. The summed E-state index contributed by atoms with van der Waals surface area (Å²) in [5.74, 6) is 0.422. The summed E-state index contributed by atoms with van der Waals surface area (Å²) in [7, 11) is 1.79. The van der Waals surface area contributed by atoms with Crippen LogP contribution in [0.5, 0.6) is 5.75 Å². The summed E-state index contributed by atoms with van der Waals surface area (Å²) in [6, 6.07) is 5.40. The highest BCUT2D eigenvalue weighted by Crippen LogP contribution is 2.27. The number of amides is 1. The first-order valence-electron chi connectivity index (χ1n) is 5.89. The van der Waals surface area contributed by atoms with Gasteiger partial charge in [0.25, 0.3) is 5.91 Å². The number of aliphatic hydroxyl groups excluding tert-OH is 1. The normalized spacial score (nSPS) is 14.4. The van der Waals surface area contributed by atoms with Gasteiger partial charge in [-0.25, -0.2) is 0 Å². The lowest BCUT2D eigenvalue weighted by Crippen LogP contribution is -2.33. The number of hydrogen-bond acceptors (Lipinski definition) is 3. The number of carbonyl (C=O) groups is 1. The van der Waals surface area contributed by atoms with Crippen molar-refractivity contribution in [2.75, 3.05) is 13.7 Å². The van der Waals surface area contributed by atoms with Crippen LogP contribution in [-0.2, 0) is 11.4 Å². The molecule has 1 aliphatic rings. The first-order chi connectivity index (χ1) is 8.61. The highest BCUT2D eigenvalue weighted by molar-refractivity contribution is 6.32. The fourth-order valence-corrected chi connectivity index (χ4v) is 1.92. The molecule has 5 heteroatoms. The van der Waals surface area contributed by atoms with Crippen LogP contribution in [0.25, 0.3) is 0 Å². The maximum absolute atomic E-state index is 11.8. The van der Waals surface area contributed by atoms with Crippen LogP contribution in [0.15, 0.2) is 18.2 Å². The number of ether oxygens (including phenoxy) is 1. The van der Waals surface area contributed by atoms with E-state index < -0.39 is 0 Å². The van der Waals surface area contributed by atoms with Gasteiger partial charge in [0.15, 0.2) is 6.61 Å². The predicted molar refractivity (Wildman–Crippen MR) is 68.7 cm³/mol. The number of nitrogens with zero attached hydrogens (tertiary/aromatic N) is 1. The Hall–Kier alpha value is -1.26. The first-order valence-corrected chi connectivity index (χ1v) is 6.27. The summed E-state index contributed by atoms with van der Waals surface area (Å²) >= 11 is 5.99. The highest BCUT2D eigenvalue weighted by Gasteiger charge is 2.29. The maximum atomic E-state index is 11.8. The lowest BCUT2D eigenvalue weighted by atomic mass is 10.2. The van der Waals surface area contributed by atoms with Gasteiger partial charge in [-0.05, 0) is 30.5 Å². The van der Waals surface area contributed by atoms with Crippen molar-refractivity contribution in [2.24, 2.45) is 0 Å². The molecule has 0 heterocycles. The molecule has 1 N–H and O–H groups in total. The molecule has 0 atom stereocenters. The Morgan fingerprint density at radius 3 is 2.83 bits per heavy atom. The lowest BCUT2D eigenvalue weighted by molar-refractivity contribution is -0.132. The monoisotopic (exact) mass is 269 g/mol. The average Bonchev–Trinajstić information content (AvgIpc) is 3.20. The van der Waals surface area contributed by atoms with Crippen molar-refractivity contribution >= 4 is 17.5 Å². The second-order valence-electron chi connectivity index (χ2n) is 4.45. The number of halogens is 1. The highest BCUT2D eigenvalue weighted by atomic mass is 35.5. The number of likely N-dealkylation sites (N-methyl/N-ethyl adjacent to an activating group) is 1. The molecule has 0 saturated heterocycles. The van der Waals surface area contributed by atoms with Crippen LogP contribution in [-0.4, -0.2) is 35.6 Å². The molecule has 18 heavy (non-hydrogen) atoms. The molecule has 1 saturated carbocycles. The minimum absolute atomic E-state index is 0.00874. The Labute approximate surface area is 111 Å². The Balaban J connectivity index is 1.91.